The van der Waals surface area contributed by atoms with Crippen molar-refractivity contribution in [2.75, 3.05) is 33.4 Å². The van der Waals surface area contributed by atoms with Crippen LogP contribution in [0, 0.1) is 11.8 Å². The van der Waals surface area contributed by atoms with Crippen LogP contribution in [0.4, 0.5) is 0 Å². The molecular weight excluding hydrogens is 236 g/mol. The Hall–Kier alpha value is -0.120. The van der Waals surface area contributed by atoms with Gasteiger partial charge in [0.15, 0.2) is 0 Å². The predicted octanol–water partition coefficient (Wildman–Crippen LogP) is 2.51. The molecule has 3 heteroatoms. The van der Waals surface area contributed by atoms with E-state index >= 15 is 0 Å². The summed E-state index contributed by atoms with van der Waals surface area (Å²) in [6.45, 7) is 11.6. The van der Waals surface area contributed by atoms with Crippen LogP contribution in [0.1, 0.15) is 46.5 Å². The normalized spacial score (nSPS) is 33.0. The van der Waals surface area contributed by atoms with Gasteiger partial charge in [0.05, 0.1) is 0 Å². The number of rotatable bonds is 7. The molecule has 2 atom stereocenters. The molecule has 2 aliphatic rings. The highest BCUT2D eigenvalue weighted by Crippen LogP contribution is 2.44. The molecule has 1 aliphatic heterocycles. The Balaban J connectivity index is 1.93. The van der Waals surface area contributed by atoms with Crippen LogP contribution in [-0.2, 0) is 4.74 Å². The lowest BCUT2D eigenvalue weighted by molar-refractivity contribution is 0.0242. The van der Waals surface area contributed by atoms with E-state index in [1.54, 1.807) is 7.11 Å². The molecule has 0 aromatic heterocycles. The third-order valence-corrected chi connectivity index (χ3v) is 4.90. The van der Waals surface area contributed by atoms with Crippen molar-refractivity contribution in [1.29, 1.82) is 0 Å². The summed E-state index contributed by atoms with van der Waals surface area (Å²) in [6.07, 6.45) is 5.30. The predicted molar refractivity (Wildman–Crippen MR) is 80.4 cm³/mol. The van der Waals surface area contributed by atoms with Crippen molar-refractivity contribution in [3.8, 4) is 0 Å². The molecule has 2 rings (SSSR count). The lowest BCUT2D eigenvalue weighted by Crippen LogP contribution is -2.64. The van der Waals surface area contributed by atoms with Gasteiger partial charge in [-0.25, -0.2) is 0 Å². The zero-order chi connectivity index (χ0) is 13.9. The molecule has 0 spiro atoms. The summed E-state index contributed by atoms with van der Waals surface area (Å²) in [4.78, 5) is 2.76. The number of nitrogens with zero attached hydrogens (tertiary/aromatic N) is 1. The van der Waals surface area contributed by atoms with Crippen LogP contribution in [0.5, 0.6) is 0 Å². The molecule has 1 saturated heterocycles. The lowest BCUT2D eigenvalue weighted by atomic mass is 9.87. The Morgan fingerprint density at radius 1 is 1.37 bits per heavy atom. The van der Waals surface area contributed by atoms with Gasteiger partial charge < -0.3 is 10.1 Å². The largest absolute Gasteiger partial charge is 0.385 e. The van der Waals surface area contributed by atoms with Crippen molar-refractivity contribution in [2.24, 2.45) is 11.8 Å². The van der Waals surface area contributed by atoms with Crippen LogP contribution >= 0.6 is 0 Å². The first-order chi connectivity index (χ1) is 9.06. The van der Waals surface area contributed by atoms with Gasteiger partial charge in [-0.05, 0) is 44.4 Å². The number of piperazine rings is 1. The van der Waals surface area contributed by atoms with Gasteiger partial charge in [0.1, 0.15) is 0 Å². The molecule has 1 aliphatic carbocycles. The van der Waals surface area contributed by atoms with Crippen molar-refractivity contribution in [1.82, 2.24) is 10.2 Å². The average Bonchev–Trinajstić information content (AvgIpc) is 3.17. The molecule has 0 amide bonds. The van der Waals surface area contributed by atoms with Crippen molar-refractivity contribution >= 4 is 0 Å². The molecule has 0 bridgehead atoms. The maximum absolute atomic E-state index is 5.23. The summed E-state index contributed by atoms with van der Waals surface area (Å²) in [5.74, 6) is 1.70. The number of nitrogens with one attached hydrogen (secondary N) is 1. The van der Waals surface area contributed by atoms with E-state index in [9.17, 15) is 0 Å². The number of methoxy groups -OCH3 is 1. The fraction of sp³-hybridized carbons (Fsp3) is 1.00. The maximum Gasteiger partial charge on any atom is 0.0474 e. The van der Waals surface area contributed by atoms with Crippen LogP contribution in [0.15, 0.2) is 0 Å². The molecule has 0 radical (unpaired) electrons. The Bertz CT molecular complexity index is 278. The van der Waals surface area contributed by atoms with Crippen LogP contribution < -0.4 is 5.32 Å². The Kier molecular flexibility index (Phi) is 5.27. The van der Waals surface area contributed by atoms with E-state index in [0.29, 0.717) is 11.6 Å². The topological polar surface area (TPSA) is 24.5 Å². The minimum absolute atomic E-state index is 0.390. The Morgan fingerprint density at radius 2 is 2.11 bits per heavy atom. The first kappa shape index (κ1) is 15.3. The highest BCUT2D eigenvalue weighted by molar-refractivity contribution is 5.04. The van der Waals surface area contributed by atoms with Gasteiger partial charge in [0.2, 0.25) is 0 Å². The minimum Gasteiger partial charge on any atom is -0.385 e. The molecule has 1 saturated carbocycles. The first-order valence-corrected chi connectivity index (χ1v) is 8.03. The van der Waals surface area contributed by atoms with Crippen molar-refractivity contribution in [2.45, 2.75) is 58.0 Å². The average molecular weight is 268 g/mol. The maximum atomic E-state index is 5.23. The Morgan fingerprint density at radius 3 is 2.68 bits per heavy atom. The molecule has 1 N–H and O–H groups in total. The van der Waals surface area contributed by atoms with E-state index in [1.807, 2.05) is 0 Å². The van der Waals surface area contributed by atoms with Gasteiger partial charge in [-0.1, -0.05) is 13.8 Å². The van der Waals surface area contributed by atoms with Crippen molar-refractivity contribution < 1.29 is 4.74 Å². The fourth-order valence-corrected chi connectivity index (χ4v) is 3.58. The smallest absolute Gasteiger partial charge is 0.0474 e. The molecule has 0 aromatic carbocycles. The van der Waals surface area contributed by atoms with Crippen LogP contribution in [0.2, 0.25) is 0 Å². The molecule has 0 aromatic rings. The third-order valence-electron chi connectivity index (χ3n) is 4.90. The third kappa shape index (κ3) is 3.93. The zero-order valence-corrected chi connectivity index (χ0v) is 13.2. The zero-order valence-electron chi connectivity index (χ0n) is 13.2. The van der Waals surface area contributed by atoms with E-state index in [1.165, 1.54) is 38.9 Å². The van der Waals surface area contributed by atoms with Gasteiger partial charge in [0.25, 0.3) is 0 Å². The highest BCUT2D eigenvalue weighted by Gasteiger charge is 2.47. The van der Waals surface area contributed by atoms with E-state index in [4.69, 9.17) is 4.74 Å². The van der Waals surface area contributed by atoms with E-state index in [-0.39, 0.29) is 0 Å². The standard InChI is InChI=1S/C16H32N2O/c1-13(2)10-15-11-18(8-5-9-19-4)16(3,12-17-15)14-6-7-14/h13-15,17H,5-12H2,1-4H3. The quantitative estimate of drug-likeness (QED) is 0.718. The second-order valence-corrected chi connectivity index (χ2v) is 7.13. The second kappa shape index (κ2) is 6.55. The number of hydrogen-bond acceptors (Lipinski definition) is 3. The summed E-state index contributed by atoms with van der Waals surface area (Å²) in [5, 5.41) is 3.81. The Labute approximate surface area is 119 Å². The first-order valence-electron chi connectivity index (χ1n) is 8.03. The van der Waals surface area contributed by atoms with Gasteiger partial charge in [0, 0.05) is 44.9 Å². The summed E-state index contributed by atoms with van der Waals surface area (Å²) in [6, 6.07) is 0.675. The van der Waals surface area contributed by atoms with Gasteiger partial charge in [-0.2, -0.15) is 0 Å². The summed E-state index contributed by atoms with van der Waals surface area (Å²) in [5.41, 5.74) is 0.390. The van der Waals surface area contributed by atoms with E-state index in [2.05, 4.69) is 31.0 Å². The van der Waals surface area contributed by atoms with Crippen LogP contribution in [-0.4, -0.2) is 49.8 Å². The van der Waals surface area contributed by atoms with E-state index < -0.39 is 0 Å². The summed E-state index contributed by atoms with van der Waals surface area (Å²) < 4.78 is 5.23. The van der Waals surface area contributed by atoms with Gasteiger partial charge in [-0.15, -0.1) is 0 Å². The van der Waals surface area contributed by atoms with Crippen LogP contribution in [0.3, 0.4) is 0 Å². The molecule has 2 fully saturated rings. The number of hydrogen-bond donors (Lipinski definition) is 1. The molecule has 19 heavy (non-hydrogen) atoms. The summed E-state index contributed by atoms with van der Waals surface area (Å²) in [7, 11) is 1.80. The van der Waals surface area contributed by atoms with Crippen molar-refractivity contribution in [3.05, 3.63) is 0 Å². The fourth-order valence-electron chi connectivity index (χ4n) is 3.58. The minimum atomic E-state index is 0.390. The molecule has 3 nitrogen and oxygen atoms in total. The molecule has 2 unspecified atom stereocenters. The lowest BCUT2D eigenvalue weighted by Gasteiger charge is -2.49. The highest BCUT2D eigenvalue weighted by atomic mass is 16.5. The monoisotopic (exact) mass is 268 g/mol. The number of ether oxygens (including phenoxy) is 1. The molecule has 112 valence electrons. The molecule has 1 heterocycles. The van der Waals surface area contributed by atoms with Gasteiger partial charge in [-0.3, -0.25) is 4.90 Å². The van der Waals surface area contributed by atoms with E-state index in [0.717, 1.165) is 24.9 Å². The SMILES string of the molecule is COCCCN1CC(CC(C)C)NCC1(C)C1CC1. The molecular formula is C16H32N2O. The van der Waals surface area contributed by atoms with Gasteiger partial charge >= 0.3 is 0 Å². The van der Waals surface area contributed by atoms with Crippen LogP contribution in [0.25, 0.3) is 0 Å². The van der Waals surface area contributed by atoms with Crippen molar-refractivity contribution in [3.63, 3.8) is 0 Å². The summed E-state index contributed by atoms with van der Waals surface area (Å²) >= 11 is 0. The second-order valence-electron chi connectivity index (χ2n) is 7.13.